The van der Waals surface area contributed by atoms with E-state index >= 15 is 0 Å². The highest BCUT2D eigenvalue weighted by molar-refractivity contribution is 4.89. The second-order valence-electron chi connectivity index (χ2n) is 5.28. The van der Waals surface area contributed by atoms with Crippen molar-refractivity contribution in [1.29, 1.82) is 0 Å². The third-order valence-corrected chi connectivity index (χ3v) is 4.76. The van der Waals surface area contributed by atoms with E-state index in [-0.39, 0.29) is 6.79 Å². The van der Waals surface area contributed by atoms with Gasteiger partial charge in [0, 0.05) is 6.61 Å². The maximum Gasteiger partial charge on any atom is 0.143 e. The van der Waals surface area contributed by atoms with E-state index in [9.17, 15) is 0 Å². The van der Waals surface area contributed by atoms with Crippen molar-refractivity contribution in [2.75, 3.05) is 13.4 Å². The molecule has 0 bridgehead atoms. The smallest absolute Gasteiger partial charge is 0.143 e. The Morgan fingerprint density at radius 2 is 1.47 bits per heavy atom. The molecule has 1 aliphatic carbocycles. The summed E-state index contributed by atoms with van der Waals surface area (Å²) in [6, 6.07) is 0. The van der Waals surface area contributed by atoms with Crippen LogP contribution in [0.4, 0.5) is 0 Å². The van der Waals surface area contributed by atoms with Crippen LogP contribution in [0.25, 0.3) is 0 Å². The Hall–Kier alpha value is -0.0800. The predicted molar refractivity (Wildman–Crippen MR) is 62.4 cm³/mol. The lowest BCUT2D eigenvalue weighted by atomic mass is 9.86. The number of aliphatic hydroxyl groups excluding tert-OH is 1. The molecule has 0 amide bonds. The zero-order valence-corrected chi connectivity index (χ0v) is 10.6. The third-order valence-electron chi connectivity index (χ3n) is 4.76. The maximum atomic E-state index is 8.52. The molecular weight excluding hydrogens is 188 g/mol. The zero-order valence-electron chi connectivity index (χ0n) is 10.6. The van der Waals surface area contributed by atoms with E-state index in [2.05, 4.69) is 27.7 Å². The van der Waals surface area contributed by atoms with Crippen molar-refractivity contribution < 1.29 is 9.84 Å². The molecule has 2 heteroatoms. The van der Waals surface area contributed by atoms with Gasteiger partial charge in [0.15, 0.2) is 0 Å². The summed E-state index contributed by atoms with van der Waals surface area (Å²) in [4.78, 5) is 0. The molecule has 0 aromatic heterocycles. The van der Waals surface area contributed by atoms with Gasteiger partial charge in [-0.3, -0.25) is 0 Å². The molecule has 1 saturated carbocycles. The third kappa shape index (κ3) is 2.94. The van der Waals surface area contributed by atoms with Crippen LogP contribution in [-0.2, 0) is 4.74 Å². The van der Waals surface area contributed by atoms with Gasteiger partial charge in [-0.2, -0.15) is 0 Å². The monoisotopic (exact) mass is 214 g/mol. The molecule has 1 fully saturated rings. The van der Waals surface area contributed by atoms with Gasteiger partial charge < -0.3 is 9.84 Å². The summed E-state index contributed by atoms with van der Waals surface area (Å²) in [5, 5.41) is 8.52. The van der Waals surface area contributed by atoms with Crippen LogP contribution in [0.1, 0.15) is 40.5 Å². The van der Waals surface area contributed by atoms with E-state index in [0.717, 1.165) is 36.0 Å². The fourth-order valence-electron chi connectivity index (χ4n) is 3.23. The lowest BCUT2D eigenvalue weighted by Crippen LogP contribution is -2.14. The normalized spacial score (nSPS) is 41.0. The molecule has 0 aromatic rings. The minimum absolute atomic E-state index is 0.136. The predicted octanol–water partition coefficient (Wildman–Crippen LogP) is 2.91. The van der Waals surface area contributed by atoms with Gasteiger partial charge in [-0.1, -0.05) is 27.7 Å². The molecule has 0 aliphatic heterocycles. The quantitative estimate of drug-likeness (QED) is 0.563. The van der Waals surface area contributed by atoms with Gasteiger partial charge in [0.1, 0.15) is 6.79 Å². The van der Waals surface area contributed by atoms with E-state index in [0.29, 0.717) is 6.61 Å². The average Bonchev–Trinajstić information content (AvgIpc) is 2.41. The van der Waals surface area contributed by atoms with Crippen molar-refractivity contribution in [2.45, 2.75) is 40.5 Å². The summed E-state index contributed by atoms with van der Waals surface area (Å²) in [7, 11) is 0. The summed E-state index contributed by atoms with van der Waals surface area (Å²) >= 11 is 0. The molecule has 90 valence electrons. The summed E-state index contributed by atoms with van der Waals surface area (Å²) in [6.45, 7) is 10.1. The van der Waals surface area contributed by atoms with E-state index in [1.165, 1.54) is 6.42 Å². The van der Waals surface area contributed by atoms with Crippen molar-refractivity contribution in [3.05, 3.63) is 0 Å². The second-order valence-corrected chi connectivity index (χ2v) is 5.28. The second kappa shape index (κ2) is 5.86. The fourth-order valence-corrected chi connectivity index (χ4v) is 3.23. The number of aliphatic hydroxyl groups is 1. The van der Waals surface area contributed by atoms with Crippen molar-refractivity contribution in [1.82, 2.24) is 0 Å². The van der Waals surface area contributed by atoms with Crippen LogP contribution in [0.5, 0.6) is 0 Å². The van der Waals surface area contributed by atoms with Gasteiger partial charge in [-0.15, -0.1) is 0 Å². The van der Waals surface area contributed by atoms with Crippen molar-refractivity contribution >= 4 is 0 Å². The van der Waals surface area contributed by atoms with E-state index in [1.807, 2.05) is 0 Å². The Morgan fingerprint density at radius 3 is 1.93 bits per heavy atom. The molecule has 15 heavy (non-hydrogen) atoms. The van der Waals surface area contributed by atoms with Crippen molar-refractivity contribution in [3.8, 4) is 0 Å². The standard InChI is InChI=1S/C13H26O2/c1-9-10(2)12(4)13(11(9)3)6-5-7-15-8-14/h9-14H,5-8H2,1-4H3. The molecule has 0 radical (unpaired) electrons. The number of hydrogen-bond acceptors (Lipinski definition) is 2. The molecule has 1 aliphatic rings. The molecule has 4 atom stereocenters. The van der Waals surface area contributed by atoms with Gasteiger partial charge in [0.2, 0.25) is 0 Å². The van der Waals surface area contributed by atoms with E-state index in [1.54, 1.807) is 0 Å². The molecule has 4 unspecified atom stereocenters. The van der Waals surface area contributed by atoms with Gasteiger partial charge in [0.05, 0.1) is 0 Å². The number of rotatable bonds is 5. The first kappa shape index (κ1) is 13.0. The van der Waals surface area contributed by atoms with Gasteiger partial charge >= 0.3 is 0 Å². The Balaban J connectivity index is 2.34. The highest BCUT2D eigenvalue weighted by Gasteiger charge is 2.40. The summed E-state index contributed by atoms with van der Waals surface area (Å²) < 4.78 is 4.97. The van der Waals surface area contributed by atoms with Crippen LogP contribution in [0.2, 0.25) is 0 Å². The Bertz CT molecular complexity index is 167. The largest absolute Gasteiger partial charge is 0.371 e. The highest BCUT2D eigenvalue weighted by Crippen LogP contribution is 2.47. The van der Waals surface area contributed by atoms with Crippen LogP contribution in [0.15, 0.2) is 0 Å². The number of hydrogen-bond donors (Lipinski definition) is 1. The first-order chi connectivity index (χ1) is 7.09. The van der Waals surface area contributed by atoms with Gasteiger partial charge in [0.25, 0.3) is 0 Å². The minimum atomic E-state index is -0.136. The maximum absolute atomic E-state index is 8.52. The molecule has 0 aromatic carbocycles. The molecule has 2 nitrogen and oxygen atoms in total. The first-order valence-electron chi connectivity index (χ1n) is 6.28. The molecule has 1 rings (SSSR count). The lowest BCUT2D eigenvalue weighted by Gasteiger charge is -2.21. The van der Waals surface area contributed by atoms with Crippen LogP contribution >= 0.6 is 0 Å². The minimum Gasteiger partial charge on any atom is -0.371 e. The van der Waals surface area contributed by atoms with Crippen molar-refractivity contribution in [2.24, 2.45) is 29.6 Å². The van der Waals surface area contributed by atoms with Crippen LogP contribution in [-0.4, -0.2) is 18.5 Å². The summed E-state index contributed by atoms with van der Waals surface area (Å²) in [6.07, 6.45) is 2.33. The van der Waals surface area contributed by atoms with Gasteiger partial charge in [-0.05, 0) is 42.4 Å². The molecule has 0 spiro atoms. The Morgan fingerprint density at radius 1 is 0.933 bits per heavy atom. The summed E-state index contributed by atoms with van der Waals surface area (Å²) in [5.41, 5.74) is 0. The zero-order chi connectivity index (χ0) is 11.4. The molecule has 0 heterocycles. The molecular formula is C13H26O2. The van der Waals surface area contributed by atoms with E-state index in [4.69, 9.17) is 9.84 Å². The number of ether oxygens (including phenoxy) is 1. The van der Waals surface area contributed by atoms with Crippen LogP contribution < -0.4 is 0 Å². The Labute approximate surface area is 94.0 Å². The summed E-state index contributed by atoms with van der Waals surface area (Å²) in [5.74, 6) is 4.22. The molecule has 0 saturated heterocycles. The first-order valence-corrected chi connectivity index (χ1v) is 6.28. The van der Waals surface area contributed by atoms with Crippen LogP contribution in [0.3, 0.4) is 0 Å². The highest BCUT2D eigenvalue weighted by atomic mass is 16.6. The van der Waals surface area contributed by atoms with E-state index < -0.39 is 0 Å². The lowest BCUT2D eigenvalue weighted by molar-refractivity contribution is -0.00470. The van der Waals surface area contributed by atoms with Crippen molar-refractivity contribution in [3.63, 3.8) is 0 Å². The fraction of sp³-hybridized carbons (Fsp3) is 1.00. The average molecular weight is 214 g/mol. The Kier molecular flexibility index (Phi) is 5.07. The molecule has 1 N–H and O–H groups in total. The SMILES string of the molecule is CC1C(C)C(C)C(CCCOCO)C1C. The van der Waals surface area contributed by atoms with Crippen LogP contribution in [0, 0.1) is 29.6 Å². The topological polar surface area (TPSA) is 29.5 Å². The van der Waals surface area contributed by atoms with Gasteiger partial charge in [-0.25, -0.2) is 0 Å².